The molecule has 0 aromatic heterocycles. The molecule has 0 spiro atoms. The number of halogens is 2. The SMILES string of the molecule is O=S(=O)(N[C@@H](CO)c1ccccc1)c1c(Cl)cccc1Cl. The number of nitrogens with one attached hydrogen (secondary N) is 1. The van der Waals surface area contributed by atoms with Gasteiger partial charge in [-0.1, -0.05) is 59.6 Å². The van der Waals surface area contributed by atoms with E-state index >= 15 is 0 Å². The van der Waals surface area contributed by atoms with Crippen molar-refractivity contribution in [2.24, 2.45) is 0 Å². The fraction of sp³-hybridized carbons (Fsp3) is 0.143. The zero-order valence-electron chi connectivity index (χ0n) is 10.8. The molecule has 0 saturated heterocycles. The van der Waals surface area contributed by atoms with E-state index < -0.39 is 16.1 Å². The number of hydrogen-bond donors (Lipinski definition) is 2. The van der Waals surface area contributed by atoms with Gasteiger partial charge < -0.3 is 5.11 Å². The van der Waals surface area contributed by atoms with Crippen LogP contribution in [0.25, 0.3) is 0 Å². The molecule has 2 N–H and O–H groups in total. The lowest BCUT2D eigenvalue weighted by molar-refractivity contribution is 0.259. The monoisotopic (exact) mass is 345 g/mol. The Bertz CT molecular complexity index is 700. The third-order valence-corrected chi connectivity index (χ3v) is 5.30. The molecule has 0 amide bonds. The van der Waals surface area contributed by atoms with Gasteiger partial charge in [0, 0.05) is 0 Å². The van der Waals surface area contributed by atoms with Crippen LogP contribution < -0.4 is 4.72 Å². The van der Waals surface area contributed by atoms with Crippen LogP contribution in [0, 0.1) is 0 Å². The second-order valence-corrected chi connectivity index (χ2v) is 6.78. The molecule has 0 fully saturated rings. The van der Waals surface area contributed by atoms with Crippen LogP contribution >= 0.6 is 23.2 Å². The standard InChI is InChI=1S/C14H13Cl2NO3S/c15-11-7-4-8-12(16)14(11)21(19,20)17-13(9-18)10-5-2-1-3-6-10/h1-8,13,17-18H,9H2/t13-/m0/s1. The van der Waals surface area contributed by atoms with Gasteiger partial charge in [0.05, 0.1) is 22.7 Å². The first kappa shape index (κ1) is 16.3. The summed E-state index contributed by atoms with van der Waals surface area (Å²) in [4.78, 5) is -0.192. The summed E-state index contributed by atoms with van der Waals surface area (Å²) in [7, 11) is -3.95. The summed E-state index contributed by atoms with van der Waals surface area (Å²) in [5.41, 5.74) is 0.645. The van der Waals surface area contributed by atoms with Crippen LogP contribution in [-0.2, 0) is 10.0 Å². The summed E-state index contributed by atoms with van der Waals surface area (Å²) < 4.78 is 27.3. The molecule has 0 aliphatic carbocycles. The molecule has 0 unspecified atom stereocenters. The van der Waals surface area contributed by atoms with Crippen molar-refractivity contribution in [2.45, 2.75) is 10.9 Å². The van der Waals surface area contributed by atoms with E-state index in [4.69, 9.17) is 23.2 Å². The summed E-state index contributed by atoms with van der Waals surface area (Å²) in [6.07, 6.45) is 0. The highest BCUT2D eigenvalue weighted by molar-refractivity contribution is 7.89. The maximum atomic E-state index is 12.4. The summed E-state index contributed by atoms with van der Waals surface area (Å²) >= 11 is 11.8. The number of rotatable bonds is 5. The molecule has 2 aromatic rings. The van der Waals surface area contributed by atoms with Gasteiger partial charge in [0.15, 0.2) is 0 Å². The minimum absolute atomic E-state index is 0.0275. The Morgan fingerprint density at radius 1 is 1.00 bits per heavy atom. The quantitative estimate of drug-likeness (QED) is 0.875. The normalized spacial score (nSPS) is 13.1. The van der Waals surface area contributed by atoms with Gasteiger partial charge in [0.25, 0.3) is 0 Å². The second kappa shape index (κ2) is 6.77. The first-order valence-corrected chi connectivity index (χ1v) is 8.32. The molecule has 4 nitrogen and oxygen atoms in total. The van der Waals surface area contributed by atoms with Crippen molar-refractivity contribution in [1.82, 2.24) is 4.72 Å². The molecular formula is C14H13Cl2NO3S. The summed E-state index contributed by atoms with van der Waals surface area (Å²) in [6, 6.07) is 12.4. The van der Waals surface area contributed by atoms with Gasteiger partial charge in [0.1, 0.15) is 4.90 Å². The highest BCUT2D eigenvalue weighted by Crippen LogP contribution is 2.30. The summed E-state index contributed by atoms with van der Waals surface area (Å²) in [6.45, 7) is -0.384. The highest BCUT2D eigenvalue weighted by Gasteiger charge is 2.25. The van der Waals surface area contributed by atoms with E-state index in [1.165, 1.54) is 12.1 Å². The molecule has 2 aromatic carbocycles. The van der Waals surface area contributed by atoms with Crippen LogP contribution in [0.2, 0.25) is 10.0 Å². The molecule has 2 rings (SSSR count). The topological polar surface area (TPSA) is 66.4 Å². The van der Waals surface area contributed by atoms with Gasteiger partial charge in [-0.05, 0) is 17.7 Å². The van der Waals surface area contributed by atoms with E-state index in [2.05, 4.69) is 4.72 Å². The van der Waals surface area contributed by atoms with E-state index in [1.807, 2.05) is 0 Å². The molecule has 0 aliphatic rings. The fourth-order valence-corrected chi connectivity index (χ4v) is 4.24. The zero-order valence-corrected chi connectivity index (χ0v) is 13.2. The molecule has 112 valence electrons. The van der Waals surface area contributed by atoms with Crippen molar-refractivity contribution >= 4 is 33.2 Å². The summed E-state index contributed by atoms with van der Waals surface area (Å²) in [5.74, 6) is 0. The molecule has 0 radical (unpaired) electrons. The smallest absolute Gasteiger partial charge is 0.244 e. The first-order valence-electron chi connectivity index (χ1n) is 6.08. The van der Waals surface area contributed by atoms with Gasteiger partial charge in [-0.15, -0.1) is 0 Å². The lowest BCUT2D eigenvalue weighted by atomic mass is 10.1. The highest BCUT2D eigenvalue weighted by atomic mass is 35.5. The molecule has 7 heteroatoms. The van der Waals surface area contributed by atoms with Crippen LogP contribution in [0.1, 0.15) is 11.6 Å². The van der Waals surface area contributed by atoms with Crippen molar-refractivity contribution in [3.8, 4) is 0 Å². The van der Waals surface area contributed by atoms with Gasteiger partial charge in [-0.3, -0.25) is 0 Å². The third-order valence-electron chi connectivity index (χ3n) is 2.87. The van der Waals surface area contributed by atoms with Gasteiger partial charge in [0.2, 0.25) is 10.0 Å². The average Bonchev–Trinajstić information content (AvgIpc) is 2.45. The van der Waals surface area contributed by atoms with Gasteiger partial charge >= 0.3 is 0 Å². The van der Waals surface area contributed by atoms with E-state index in [1.54, 1.807) is 36.4 Å². The van der Waals surface area contributed by atoms with Crippen LogP contribution in [0.3, 0.4) is 0 Å². The Labute approximate surface area is 133 Å². The van der Waals surface area contributed by atoms with Crippen LogP contribution in [0.15, 0.2) is 53.4 Å². The lowest BCUT2D eigenvalue weighted by Crippen LogP contribution is -2.31. The van der Waals surface area contributed by atoms with E-state index in [0.29, 0.717) is 5.56 Å². The predicted octanol–water partition coefficient (Wildman–Crippen LogP) is 3.01. The van der Waals surface area contributed by atoms with Crippen molar-refractivity contribution in [1.29, 1.82) is 0 Å². The molecule has 0 saturated carbocycles. The minimum atomic E-state index is -3.95. The predicted molar refractivity (Wildman–Crippen MR) is 83.1 cm³/mol. The molecule has 0 bridgehead atoms. The number of benzene rings is 2. The number of hydrogen-bond acceptors (Lipinski definition) is 3. The maximum Gasteiger partial charge on any atom is 0.244 e. The molecule has 1 atom stereocenters. The van der Waals surface area contributed by atoms with Crippen LogP contribution in [0.5, 0.6) is 0 Å². The Morgan fingerprint density at radius 3 is 2.10 bits per heavy atom. The van der Waals surface area contributed by atoms with Crippen molar-refractivity contribution < 1.29 is 13.5 Å². The van der Waals surface area contributed by atoms with Gasteiger partial charge in [-0.25, -0.2) is 13.1 Å². The molecule has 0 aliphatic heterocycles. The number of aliphatic hydroxyl groups excluding tert-OH is 1. The van der Waals surface area contributed by atoms with E-state index in [-0.39, 0.29) is 21.5 Å². The largest absolute Gasteiger partial charge is 0.394 e. The van der Waals surface area contributed by atoms with Gasteiger partial charge in [-0.2, -0.15) is 0 Å². The average molecular weight is 346 g/mol. The Hall–Kier alpha value is -1.11. The Kier molecular flexibility index (Phi) is 5.24. The Balaban J connectivity index is 2.37. The van der Waals surface area contributed by atoms with Crippen molar-refractivity contribution in [3.05, 3.63) is 64.1 Å². The van der Waals surface area contributed by atoms with Crippen molar-refractivity contribution in [2.75, 3.05) is 6.61 Å². The first-order chi connectivity index (χ1) is 9.95. The number of aliphatic hydroxyl groups is 1. The van der Waals surface area contributed by atoms with E-state index in [9.17, 15) is 13.5 Å². The minimum Gasteiger partial charge on any atom is -0.394 e. The Morgan fingerprint density at radius 2 is 1.57 bits per heavy atom. The molecule has 21 heavy (non-hydrogen) atoms. The number of sulfonamides is 1. The second-order valence-electron chi connectivity index (χ2n) is 4.32. The molecule has 0 heterocycles. The third kappa shape index (κ3) is 3.75. The lowest BCUT2D eigenvalue weighted by Gasteiger charge is -2.18. The fourth-order valence-electron chi connectivity index (χ4n) is 1.88. The molecular weight excluding hydrogens is 333 g/mol. The summed E-state index contributed by atoms with van der Waals surface area (Å²) in [5, 5.41) is 9.49. The van der Waals surface area contributed by atoms with Crippen LogP contribution in [0.4, 0.5) is 0 Å². The van der Waals surface area contributed by atoms with Crippen LogP contribution in [-0.4, -0.2) is 20.1 Å². The van der Waals surface area contributed by atoms with Crippen molar-refractivity contribution in [3.63, 3.8) is 0 Å². The maximum absolute atomic E-state index is 12.4. The zero-order chi connectivity index (χ0) is 15.5. The van der Waals surface area contributed by atoms with E-state index in [0.717, 1.165) is 0 Å².